The summed E-state index contributed by atoms with van der Waals surface area (Å²) in [7, 11) is 2.13. The predicted molar refractivity (Wildman–Crippen MR) is 141 cm³/mol. The number of para-hydroxylation sites is 2. The number of carbonyl (C=O) groups is 1. The average Bonchev–Trinajstić information content (AvgIpc) is 3.66. The number of piperazine rings is 1. The normalized spacial score (nSPS) is 16.4. The first-order chi connectivity index (χ1) is 17.6. The number of rotatable bonds is 8. The Balaban J connectivity index is 1.24. The van der Waals surface area contributed by atoms with Crippen molar-refractivity contribution in [3.05, 3.63) is 54.1 Å². The number of aromatic amines is 1. The number of H-pyrrole nitrogens is 1. The van der Waals surface area contributed by atoms with Crippen LogP contribution >= 0.6 is 11.8 Å². The van der Waals surface area contributed by atoms with Gasteiger partial charge in [0.15, 0.2) is 5.16 Å². The fourth-order valence-electron chi connectivity index (χ4n) is 4.24. The van der Waals surface area contributed by atoms with Gasteiger partial charge in [0.1, 0.15) is 5.78 Å². The lowest BCUT2D eigenvalue weighted by molar-refractivity contribution is -0.119. The predicted octanol–water partition coefficient (Wildman–Crippen LogP) is 3.92. The number of nitrogens with one attached hydrogen (secondary N) is 2. The Bertz CT molecular complexity index is 1340. The van der Waals surface area contributed by atoms with Crippen molar-refractivity contribution in [3.63, 3.8) is 0 Å². The molecule has 0 amide bonds. The average molecular weight is 501 g/mol. The van der Waals surface area contributed by atoms with E-state index in [0.29, 0.717) is 35.2 Å². The largest absolute Gasteiger partial charge is 0.338 e. The second-order valence-electron chi connectivity index (χ2n) is 9.42. The fourth-order valence-corrected chi connectivity index (χ4v) is 4.99. The number of aromatic nitrogens is 5. The molecule has 1 saturated carbocycles. The van der Waals surface area contributed by atoms with Crippen LogP contribution in [0.25, 0.3) is 11.0 Å². The SMILES string of the molecule is CN1CCN(c2nc(Nc3nc4ccccc4[nH]3)nc(Sc3ccc(CC(=O)C4CC4)cc3)n2)CC1. The molecule has 10 heteroatoms. The quantitative estimate of drug-likeness (QED) is 0.373. The molecule has 0 radical (unpaired) electrons. The fraction of sp³-hybridized carbons (Fsp3) is 0.346. The molecule has 3 heterocycles. The van der Waals surface area contributed by atoms with Gasteiger partial charge >= 0.3 is 0 Å². The van der Waals surface area contributed by atoms with Crippen molar-refractivity contribution in [2.24, 2.45) is 5.92 Å². The number of benzene rings is 2. The number of fused-ring (bicyclic) bond motifs is 1. The lowest BCUT2D eigenvalue weighted by Crippen LogP contribution is -2.45. The minimum absolute atomic E-state index is 0.287. The highest BCUT2D eigenvalue weighted by Gasteiger charge is 2.29. The smallest absolute Gasteiger partial charge is 0.235 e. The Hall–Kier alpha value is -3.50. The zero-order chi connectivity index (χ0) is 24.5. The Labute approximate surface area is 213 Å². The molecular weight excluding hydrogens is 472 g/mol. The van der Waals surface area contributed by atoms with E-state index in [1.807, 2.05) is 48.5 Å². The van der Waals surface area contributed by atoms with Crippen LogP contribution in [0.3, 0.4) is 0 Å². The van der Waals surface area contributed by atoms with Gasteiger partial charge in [0.25, 0.3) is 0 Å². The van der Waals surface area contributed by atoms with Gasteiger partial charge in [-0.15, -0.1) is 0 Å². The molecule has 36 heavy (non-hydrogen) atoms. The van der Waals surface area contributed by atoms with Crippen LogP contribution in [0.2, 0.25) is 0 Å². The van der Waals surface area contributed by atoms with Gasteiger partial charge in [-0.3, -0.25) is 10.1 Å². The molecule has 2 aliphatic rings. The summed E-state index contributed by atoms with van der Waals surface area (Å²) in [5.74, 6) is 2.34. The summed E-state index contributed by atoms with van der Waals surface area (Å²) in [5, 5.41) is 3.85. The molecule has 0 atom stereocenters. The first kappa shape index (κ1) is 22.9. The Kier molecular flexibility index (Phi) is 6.28. The van der Waals surface area contributed by atoms with Gasteiger partial charge < -0.3 is 14.8 Å². The van der Waals surface area contributed by atoms with E-state index in [0.717, 1.165) is 60.5 Å². The topological polar surface area (TPSA) is 103 Å². The van der Waals surface area contributed by atoms with Crippen molar-refractivity contribution in [3.8, 4) is 0 Å². The molecule has 9 nitrogen and oxygen atoms in total. The maximum absolute atomic E-state index is 12.1. The molecule has 2 fully saturated rings. The Morgan fingerprint density at radius 1 is 1.00 bits per heavy atom. The van der Waals surface area contributed by atoms with E-state index in [1.165, 1.54) is 11.8 Å². The number of carbonyl (C=O) groups excluding carboxylic acids is 1. The number of hydrogen-bond acceptors (Lipinski definition) is 9. The number of likely N-dealkylation sites (N-methyl/N-ethyl adjacent to an activating group) is 1. The van der Waals surface area contributed by atoms with E-state index in [1.54, 1.807) is 0 Å². The standard InChI is InChI=1S/C26H28N8OS/c1-33-12-14-34(15-13-33)25-30-24(29-23-27-20-4-2-3-5-21(20)28-23)31-26(32-25)36-19-10-6-17(7-11-19)16-22(35)18-8-9-18/h2-7,10-11,18H,8-9,12-16H2,1H3,(H2,27,28,29,30,31,32). The molecule has 2 aromatic heterocycles. The number of ketones is 1. The van der Waals surface area contributed by atoms with Crippen LogP contribution in [0.5, 0.6) is 0 Å². The third-order valence-electron chi connectivity index (χ3n) is 6.55. The van der Waals surface area contributed by atoms with Gasteiger partial charge in [0.2, 0.25) is 17.8 Å². The highest BCUT2D eigenvalue weighted by atomic mass is 32.2. The molecule has 2 N–H and O–H groups in total. The zero-order valence-electron chi connectivity index (χ0n) is 20.1. The first-order valence-electron chi connectivity index (χ1n) is 12.3. The monoisotopic (exact) mass is 500 g/mol. The van der Waals surface area contributed by atoms with Gasteiger partial charge in [-0.2, -0.15) is 15.0 Å². The molecular formula is C26H28N8OS. The minimum atomic E-state index is 0.287. The Morgan fingerprint density at radius 2 is 1.78 bits per heavy atom. The molecule has 1 saturated heterocycles. The Morgan fingerprint density at radius 3 is 2.53 bits per heavy atom. The zero-order valence-corrected chi connectivity index (χ0v) is 21.0. The van der Waals surface area contributed by atoms with E-state index in [4.69, 9.17) is 9.97 Å². The van der Waals surface area contributed by atoms with Gasteiger partial charge in [-0.05, 0) is 61.5 Å². The summed E-state index contributed by atoms with van der Waals surface area (Å²) in [6, 6.07) is 16.0. The summed E-state index contributed by atoms with van der Waals surface area (Å²) in [4.78, 5) is 39.7. The van der Waals surface area contributed by atoms with Crippen LogP contribution < -0.4 is 10.2 Å². The molecule has 0 unspecified atom stereocenters. The van der Waals surface area contributed by atoms with Crippen molar-refractivity contribution in [2.45, 2.75) is 29.3 Å². The van der Waals surface area contributed by atoms with Crippen molar-refractivity contribution >= 4 is 46.4 Å². The van der Waals surface area contributed by atoms with Crippen LogP contribution in [-0.4, -0.2) is 68.8 Å². The lowest BCUT2D eigenvalue weighted by atomic mass is 10.1. The summed E-state index contributed by atoms with van der Waals surface area (Å²) in [5.41, 5.74) is 2.88. The molecule has 0 spiro atoms. The van der Waals surface area contributed by atoms with Gasteiger partial charge in [0, 0.05) is 43.4 Å². The van der Waals surface area contributed by atoms with Gasteiger partial charge in [0.05, 0.1) is 11.0 Å². The molecule has 1 aliphatic carbocycles. The van der Waals surface area contributed by atoms with E-state index in [2.05, 4.69) is 37.1 Å². The number of hydrogen-bond donors (Lipinski definition) is 2. The molecule has 0 bridgehead atoms. The van der Waals surface area contributed by atoms with Crippen molar-refractivity contribution in [1.82, 2.24) is 29.8 Å². The second-order valence-corrected chi connectivity index (χ2v) is 10.5. The van der Waals surface area contributed by atoms with Crippen LogP contribution in [-0.2, 0) is 11.2 Å². The maximum atomic E-state index is 12.1. The van der Waals surface area contributed by atoms with Crippen molar-refractivity contribution < 1.29 is 4.79 Å². The molecule has 184 valence electrons. The first-order valence-corrected chi connectivity index (χ1v) is 13.1. The van der Waals surface area contributed by atoms with Crippen LogP contribution in [0.4, 0.5) is 17.8 Å². The third-order valence-corrected chi connectivity index (χ3v) is 7.43. The lowest BCUT2D eigenvalue weighted by Gasteiger charge is -2.32. The summed E-state index contributed by atoms with van der Waals surface area (Å²) in [6.45, 7) is 3.64. The number of Topliss-reactive ketones (excluding diaryl/α,β-unsaturated/α-hetero) is 1. The van der Waals surface area contributed by atoms with Crippen molar-refractivity contribution in [1.29, 1.82) is 0 Å². The molecule has 2 aromatic carbocycles. The number of imidazole rings is 1. The van der Waals surface area contributed by atoms with E-state index < -0.39 is 0 Å². The minimum Gasteiger partial charge on any atom is -0.338 e. The maximum Gasteiger partial charge on any atom is 0.235 e. The second kappa shape index (κ2) is 9.87. The molecule has 4 aromatic rings. The molecule has 6 rings (SSSR count). The van der Waals surface area contributed by atoms with E-state index in [9.17, 15) is 4.79 Å². The summed E-state index contributed by atoms with van der Waals surface area (Å²) >= 11 is 1.49. The van der Waals surface area contributed by atoms with Crippen LogP contribution in [0, 0.1) is 5.92 Å². The summed E-state index contributed by atoms with van der Waals surface area (Å²) < 4.78 is 0. The number of nitrogens with zero attached hydrogens (tertiary/aromatic N) is 6. The van der Waals surface area contributed by atoms with E-state index >= 15 is 0 Å². The van der Waals surface area contributed by atoms with Crippen molar-refractivity contribution in [2.75, 3.05) is 43.4 Å². The molecule has 1 aliphatic heterocycles. The highest BCUT2D eigenvalue weighted by Crippen LogP contribution is 2.32. The summed E-state index contributed by atoms with van der Waals surface area (Å²) in [6.07, 6.45) is 2.61. The number of anilines is 3. The highest BCUT2D eigenvalue weighted by molar-refractivity contribution is 7.99. The van der Waals surface area contributed by atoms with E-state index in [-0.39, 0.29) is 5.92 Å². The van der Waals surface area contributed by atoms with Gasteiger partial charge in [-0.1, -0.05) is 24.3 Å². The van der Waals surface area contributed by atoms with Crippen LogP contribution in [0.15, 0.2) is 58.6 Å². The van der Waals surface area contributed by atoms with Gasteiger partial charge in [-0.25, -0.2) is 4.98 Å². The third kappa shape index (κ3) is 5.34. The van der Waals surface area contributed by atoms with Crippen LogP contribution in [0.1, 0.15) is 18.4 Å².